The Kier molecular flexibility index (Phi) is 5.60. The second kappa shape index (κ2) is 8.19. The molecule has 3 aromatic rings. The fraction of sp³-hybridized carbons (Fsp3) is 0.0909. The molecular weight excluding hydrogens is 449 g/mol. The number of likely N-dealkylation sites (tertiary alicyclic amines) is 1. The van der Waals surface area contributed by atoms with Gasteiger partial charge >= 0.3 is 0 Å². The molecule has 30 heavy (non-hydrogen) atoms. The Hall–Kier alpha value is -2.73. The average molecular weight is 463 g/mol. The molecule has 5 nitrogen and oxygen atoms in total. The molecular formula is C22H14Cl3NO4. The van der Waals surface area contributed by atoms with Crippen LogP contribution < -0.4 is 0 Å². The van der Waals surface area contributed by atoms with Crippen LogP contribution in [0.25, 0.3) is 5.76 Å². The van der Waals surface area contributed by atoms with Crippen molar-refractivity contribution in [2.24, 2.45) is 0 Å². The van der Waals surface area contributed by atoms with Crippen molar-refractivity contribution in [2.75, 3.05) is 0 Å². The average Bonchev–Trinajstić information content (AvgIpc) is 3.31. The van der Waals surface area contributed by atoms with Crippen molar-refractivity contribution in [3.8, 4) is 0 Å². The molecule has 1 N–H and O–H groups in total. The van der Waals surface area contributed by atoms with Crippen molar-refractivity contribution in [3.05, 3.63) is 98.4 Å². The number of amides is 1. The highest BCUT2D eigenvalue weighted by Crippen LogP contribution is 2.43. The molecule has 0 spiro atoms. The molecule has 1 aromatic heterocycles. The predicted molar refractivity (Wildman–Crippen MR) is 114 cm³/mol. The summed E-state index contributed by atoms with van der Waals surface area (Å²) < 4.78 is 5.35. The van der Waals surface area contributed by atoms with E-state index in [1.165, 1.54) is 17.2 Å². The largest absolute Gasteiger partial charge is 0.507 e. The van der Waals surface area contributed by atoms with Crippen LogP contribution >= 0.6 is 34.8 Å². The molecule has 1 fully saturated rings. The van der Waals surface area contributed by atoms with Gasteiger partial charge in [0, 0.05) is 20.6 Å². The van der Waals surface area contributed by atoms with E-state index in [0.717, 1.165) is 0 Å². The van der Waals surface area contributed by atoms with Gasteiger partial charge in [-0.15, -0.1) is 0 Å². The maximum Gasteiger partial charge on any atom is 0.296 e. The zero-order chi connectivity index (χ0) is 21.4. The lowest BCUT2D eigenvalue weighted by molar-refractivity contribution is -0.140. The van der Waals surface area contributed by atoms with E-state index in [4.69, 9.17) is 39.2 Å². The first-order valence-corrected chi connectivity index (χ1v) is 10.0. The Morgan fingerprint density at radius 1 is 1.00 bits per heavy atom. The van der Waals surface area contributed by atoms with Crippen molar-refractivity contribution in [3.63, 3.8) is 0 Å². The first-order chi connectivity index (χ1) is 14.4. The SMILES string of the molecule is O=C1C(=O)N(Cc2ccco2)C(c2ccc(Cl)cc2Cl)/C1=C(\O)c1ccc(Cl)cc1. The lowest BCUT2D eigenvalue weighted by Gasteiger charge is -2.25. The van der Waals surface area contributed by atoms with Gasteiger partial charge in [0.05, 0.1) is 24.4 Å². The van der Waals surface area contributed by atoms with Gasteiger partial charge in [-0.05, 0) is 54.1 Å². The molecule has 152 valence electrons. The van der Waals surface area contributed by atoms with E-state index in [0.29, 0.717) is 26.9 Å². The van der Waals surface area contributed by atoms with Crippen LogP contribution in [0.3, 0.4) is 0 Å². The Bertz CT molecular complexity index is 1150. The highest BCUT2D eigenvalue weighted by atomic mass is 35.5. The van der Waals surface area contributed by atoms with Crippen molar-refractivity contribution in [2.45, 2.75) is 12.6 Å². The highest BCUT2D eigenvalue weighted by Gasteiger charge is 2.47. The topological polar surface area (TPSA) is 70.8 Å². The lowest BCUT2D eigenvalue weighted by atomic mass is 9.95. The maximum absolute atomic E-state index is 13.0. The summed E-state index contributed by atoms with van der Waals surface area (Å²) in [5.74, 6) is -1.41. The van der Waals surface area contributed by atoms with Crippen LogP contribution in [0.2, 0.25) is 15.1 Å². The van der Waals surface area contributed by atoms with Gasteiger partial charge in [-0.2, -0.15) is 0 Å². The summed E-state index contributed by atoms with van der Waals surface area (Å²) in [6, 6.07) is 13.5. The minimum atomic E-state index is -0.921. The van der Waals surface area contributed by atoms with E-state index in [1.54, 1.807) is 48.5 Å². The Morgan fingerprint density at radius 2 is 1.70 bits per heavy atom. The quantitative estimate of drug-likeness (QED) is 0.299. The molecule has 1 aliphatic heterocycles. The second-order valence-corrected chi connectivity index (χ2v) is 7.96. The number of ketones is 1. The van der Waals surface area contributed by atoms with Gasteiger partial charge < -0.3 is 14.4 Å². The molecule has 2 aromatic carbocycles. The van der Waals surface area contributed by atoms with Gasteiger partial charge in [0.15, 0.2) is 0 Å². The van der Waals surface area contributed by atoms with E-state index in [9.17, 15) is 14.7 Å². The van der Waals surface area contributed by atoms with Crippen LogP contribution in [0, 0.1) is 0 Å². The Balaban J connectivity index is 1.90. The molecule has 1 aliphatic rings. The van der Waals surface area contributed by atoms with Crippen molar-refractivity contribution in [1.29, 1.82) is 0 Å². The molecule has 8 heteroatoms. The maximum atomic E-state index is 13.0. The zero-order valence-corrected chi connectivity index (χ0v) is 17.6. The van der Waals surface area contributed by atoms with Gasteiger partial charge in [0.1, 0.15) is 11.5 Å². The number of aliphatic hydroxyl groups excluding tert-OH is 1. The summed E-state index contributed by atoms with van der Waals surface area (Å²) in [6.45, 7) is 0.0264. The number of nitrogens with zero attached hydrogens (tertiary/aromatic N) is 1. The molecule has 0 saturated carbocycles. The molecule has 0 aliphatic carbocycles. The molecule has 1 unspecified atom stereocenters. The summed E-state index contributed by atoms with van der Waals surface area (Å²) in [7, 11) is 0. The first kappa shape index (κ1) is 20.5. The van der Waals surface area contributed by atoms with Crippen molar-refractivity contribution >= 4 is 52.3 Å². The number of carbonyl (C=O) groups excluding carboxylic acids is 2. The van der Waals surface area contributed by atoms with Crippen LogP contribution in [-0.4, -0.2) is 21.7 Å². The summed E-state index contributed by atoms with van der Waals surface area (Å²) in [5, 5.41) is 12.1. The van der Waals surface area contributed by atoms with Gasteiger partial charge in [-0.1, -0.05) is 40.9 Å². The second-order valence-electron chi connectivity index (χ2n) is 6.68. The van der Waals surface area contributed by atoms with Gasteiger partial charge in [-0.3, -0.25) is 9.59 Å². The number of halogens is 3. The van der Waals surface area contributed by atoms with Crippen molar-refractivity contribution < 1.29 is 19.1 Å². The first-order valence-electron chi connectivity index (χ1n) is 8.88. The minimum Gasteiger partial charge on any atom is -0.507 e. The normalized spacial score (nSPS) is 18.2. The number of hydrogen-bond donors (Lipinski definition) is 1. The highest BCUT2D eigenvalue weighted by molar-refractivity contribution is 6.47. The minimum absolute atomic E-state index is 0.0264. The Morgan fingerprint density at radius 3 is 2.33 bits per heavy atom. The fourth-order valence-corrected chi connectivity index (χ4v) is 4.06. The van der Waals surface area contributed by atoms with Crippen LogP contribution in [0.15, 0.2) is 70.9 Å². The van der Waals surface area contributed by atoms with Crippen LogP contribution in [0.1, 0.15) is 22.9 Å². The zero-order valence-electron chi connectivity index (χ0n) is 15.3. The molecule has 1 amide bonds. The summed E-state index contributed by atoms with van der Waals surface area (Å²) >= 11 is 18.4. The number of carbonyl (C=O) groups is 2. The number of rotatable bonds is 4. The predicted octanol–water partition coefficient (Wildman–Crippen LogP) is 5.86. The molecule has 0 bridgehead atoms. The summed E-state index contributed by atoms with van der Waals surface area (Å²) in [6.07, 6.45) is 1.48. The van der Waals surface area contributed by atoms with Crippen LogP contribution in [0.4, 0.5) is 0 Å². The number of aliphatic hydroxyl groups is 1. The van der Waals surface area contributed by atoms with Crippen molar-refractivity contribution in [1.82, 2.24) is 4.90 Å². The smallest absolute Gasteiger partial charge is 0.296 e. The number of hydrogen-bond acceptors (Lipinski definition) is 4. The van der Waals surface area contributed by atoms with E-state index in [-0.39, 0.29) is 22.9 Å². The third kappa shape index (κ3) is 3.72. The number of Topliss-reactive ketones (excluding diaryl/α,β-unsaturated/α-hetero) is 1. The molecule has 1 atom stereocenters. The summed E-state index contributed by atoms with van der Waals surface area (Å²) in [4.78, 5) is 27.2. The van der Waals surface area contributed by atoms with E-state index in [2.05, 4.69) is 0 Å². The lowest BCUT2D eigenvalue weighted by Crippen LogP contribution is -2.29. The number of benzene rings is 2. The van der Waals surface area contributed by atoms with E-state index in [1.807, 2.05) is 0 Å². The third-order valence-electron chi connectivity index (χ3n) is 4.82. The molecule has 0 radical (unpaired) electrons. The third-order valence-corrected chi connectivity index (χ3v) is 5.64. The number of furan rings is 1. The van der Waals surface area contributed by atoms with Crippen LogP contribution in [-0.2, 0) is 16.1 Å². The fourth-order valence-electron chi connectivity index (χ4n) is 3.42. The molecule has 4 rings (SSSR count). The van der Waals surface area contributed by atoms with E-state index >= 15 is 0 Å². The van der Waals surface area contributed by atoms with Gasteiger partial charge in [-0.25, -0.2) is 0 Å². The molecule has 2 heterocycles. The van der Waals surface area contributed by atoms with E-state index < -0.39 is 17.7 Å². The monoisotopic (exact) mass is 461 g/mol. The summed E-state index contributed by atoms with van der Waals surface area (Å²) in [5.41, 5.74) is 0.742. The standard InChI is InChI=1S/C22H14Cl3NO4/c23-13-5-3-12(4-6-13)20(27)18-19(16-8-7-14(24)10-17(16)25)26(22(29)21(18)28)11-15-2-1-9-30-15/h1-10,19,27H,11H2/b20-18+. The molecule has 1 saturated heterocycles. The Labute approximate surface area is 187 Å². The van der Waals surface area contributed by atoms with Gasteiger partial charge in [0.2, 0.25) is 0 Å². The van der Waals surface area contributed by atoms with Crippen LogP contribution in [0.5, 0.6) is 0 Å². The van der Waals surface area contributed by atoms with Gasteiger partial charge in [0.25, 0.3) is 11.7 Å².